The van der Waals surface area contributed by atoms with E-state index in [1.54, 1.807) is 24.4 Å². The first-order chi connectivity index (χ1) is 8.77. The molecule has 0 saturated heterocycles. The van der Waals surface area contributed by atoms with Crippen LogP contribution < -0.4 is 11.1 Å². The van der Waals surface area contributed by atoms with E-state index in [4.69, 9.17) is 10.5 Å². The van der Waals surface area contributed by atoms with E-state index in [1.165, 1.54) is 0 Å². The lowest BCUT2D eigenvalue weighted by atomic mass is 10.2. The van der Waals surface area contributed by atoms with Gasteiger partial charge in [0.15, 0.2) is 0 Å². The molecule has 0 atom stereocenters. The van der Waals surface area contributed by atoms with Crippen molar-refractivity contribution in [3.05, 3.63) is 42.2 Å². The smallest absolute Gasteiger partial charge is 0.251 e. The Morgan fingerprint density at radius 1 is 1.56 bits per heavy atom. The van der Waals surface area contributed by atoms with Crippen molar-refractivity contribution in [3.63, 3.8) is 0 Å². The van der Waals surface area contributed by atoms with Crippen molar-refractivity contribution in [2.45, 2.75) is 13.0 Å². The Morgan fingerprint density at radius 3 is 3.11 bits per heavy atom. The van der Waals surface area contributed by atoms with E-state index in [2.05, 4.69) is 16.9 Å². The number of hydrogen-bond donors (Lipinski definition) is 2. The van der Waals surface area contributed by atoms with E-state index >= 15 is 0 Å². The Kier molecular flexibility index (Phi) is 6.68. The second-order valence-corrected chi connectivity index (χ2v) is 3.69. The molecule has 0 unspecified atom stereocenters. The van der Waals surface area contributed by atoms with Crippen LogP contribution in [0.15, 0.2) is 31.0 Å². The average molecular weight is 249 g/mol. The monoisotopic (exact) mass is 249 g/mol. The lowest BCUT2D eigenvalue weighted by Crippen LogP contribution is -2.27. The van der Waals surface area contributed by atoms with Gasteiger partial charge in [0, 0.05) is 24.8 Å². The highest BCUT2D eigenvalue weighted by molar-refractivity contribution is 5.94. The van der Waals surface area contributed by atoms with Gasteiger partial charge in [-0.05, 0) is 18.6 Å². The number of aromatic nitrogens is 1. The zero-order chi connectivity index (χ0) is 13.2. The largest absolute Gasteiger partial charge is 0.379 e. The molecule has 18 heavy (non-hydrogen) atoms. The van der Waals surface area contributed by atoms with E-state index in [0.717, 1.165) is 6.42 Å². The van der Waals surface area contributed by atoms with Crippen LogP contribution in [-0.2, 0) is 11.3 Å². The molecule has 1 heterocycles. The van der Waals surface area contributed by atoms with Gasteiger partial charge < -0.3 is 15.8 Å². The second-order valence-electron chi connectivity index (χ2n) is 3.69. The summed E-state index contributed by atoms with van der Waals surface area (Å²) in [6.45, 7) is 5.53. The van der Waals surface area contributed by atoms with Gasteiger partial charge in [0.1, 0.15) is 0 Å². The summed E-state index contributed by atoms with van der Waals surface area (Å²) in [5.41, 5.74) is 6.73. The molecule has 1 amide bonds. The van der Waals surface area contributed by atoms with Gasteiger partial charge >= 0.3 is 0 Å². The quantitative estimate of drug-likeness (QED) is 0.529. The summed E-state index contributed by atoms with van der Waals surface area (Å²) < 4.78 is 5.29. The first-order valence-corrected chi connectivity index (χ1v) is 5.89. The zero-order valence-corrected chi connectivity index (χ0v) is 10.4. The molecule has 1 aromatic heterocycles. The lowest BCUT2D eigenvalue weighted by molar-refractivity contribution is 0.0917. The van der Waals surface area contributed by atoms with E-state index in [0.29, 0.717) is 37.6 Å². The molecule has 1 rings (SSSR count). The predicted octanol–water partition coefficient (Wildman–Crippen LogP) is 0.863. The van der Waals surface area contributed by atoms with Crippen molar-refractivity contribution >= 4 is 5.91 Å². The third-order valence-electron chi connectivity index (χ3n) is 2.29. The van der Waals surface area contributed by atoms with E-state index < -0.39 is 0 Å². The van der Waals surface area contributed by atoms with Crippen LogP contribution in [-0.4, -0.2) is 30.6 Å². The van der Waals surface area contributed by atoms with Crippen LogP contribution in [0.5, 0.6) is 0 Å². The number of rotatable bonds is 8. The Balaban J connectivity index is 2.29. The van der Waals surface area contributed by atoms with Crippen molar-refractivity contribution in [1.29, 1.82) is 0 Å². The molecule has 5 heteroatoms. The van der Waals surface area contributed by atoms with Crippen molar-refractivity contribution < 1.29 is 9.53 Å². The van der Waals surface area contributed by atoms with E-state index in [-0.39, 0.29) is 5.91 Å². The molecule has 5 nitrogen and oxygen atoms in total. The highest BCUT2D eigenvalue weighted by atomic mass is 16.5. The van der Waals surface area contributed by atoms with Gasteiger partial charge in [0.25, 0.3) is 5.91 Å². The van der Waals surface area contributed by atoms with Gasteiger partial charge in [-0.2, -0.15) is 0 Å². The van der Waals surface area contributed by atoms with Crippen LogP contribution in [0.2, 0.25) is 0 Å². The molecule has 98 valence electrons. The van der Waals surface area contributed by atoms with Crippen LogP contribution in [0.4, 0.5) is 0 Å². The molecule has 0 radical (unpaired) electrons. The topological polar surface area (TPSA) is 77.2 Å². The number of pyridine rings is 1. The number of carbonyl (C=O) groups is 1. The number of nitrogens with one attached hydrogen (secondary N) is 1. The number of ether oxygens (including phenoxy) is 1. The second kappa shape index (κ2) is 8.38. The summed E-state index contributed by atoms with van der Waals surface area (Å²) in [5.74, 6) is -0.139. The number of nitrogens with two attached hydrogens (primary N) is 1. The standard InChI is InChI=1S/C13H19N3O2/c1-2-3-7-18-8-6-16-13(17)11-4-5-15-12(9-11)10-14/h2,4-5,9H,1,3,6-8,10,14H2,(H,16,17). The number of amides is 1. The Bertz CT molecular complexity index is 394. The lowest BCUT2D eigenvalue weighted by Gasteiger charge is -2.06. The molecule has 3 N–H and O–H groups in total. The van der Waals surface area contributed by atoms with Crippen LogP contribution >= 0.6 is 0 Å². The average Bonchev–Trinajstić information content (AvgIpc) is 2.42. The molecule has 1 aromatic rings. The molecule has 0 aliphatic heterocycles. The third-order valence-corrected chi connectivity index (χ3v) is 2.29. The molecule has 0 aliphatic rings. The maximum Gasteiger partial charge on any atom is 0.251 e. The van der Waals surface area contributed by atoms with E-state index in [1.807, 2.05) is 0 Å². The fourth-order valence-corrected chi connectivity index (χ4v) is 1.34. The Morgan fingerprint density at radius 2 is 2.39 bits per heavy atom. The van der Waals surface area contributed by atoms with Crippen molar-refractivity contribution in [2.75, 3.05) is 19.8 Å². The maximum absolute atomic E-state index is 11.8. The normalized spacial score (nSPS) is 10.1. The first kappa shape index (κ1) is 14.3. The van der Waals surface area contributed by atoms with Crippen LogP contribution in [0, 0.1) is 0 Å². The van der Waals surface area contributed by atoms with Gasteiger partial charge in [0.2, 0.25) is 0 Å². The number of nitrogens with zero attached hydrogens (tertiary/aromatic N) is 1. The van der Waals surface area contributed by atoms with Gasteiger partial charge in [-0.1, -0.05) is 6.08 Å². The highest BCUT2D eigenvalue weighted by Crippen LogP contribution is 2.00. The Labute approximate surface area is 107 Å². The van der Waals surface area contributed by atoms with Crippen LogP contribution in [0.3, 0.4) is 0 Å². The van der Waals surface area contributed by atoms with Crippen molar-refractivity contribution in [2.24, 2.45) is 5.73 Å². The third kappa shape index (κ3) is 5.07. The van der Waals surface area contributed by atoms with Crippen LogP contribution in [0.1, 0.15) is 22.5 Å². The predicted molar refractivity (Wildman–Crippen MR) is 70.1 cm³/mol. The molecule has 0 aliphatic carbocycles. The molecule has 0 fully saturated rings. The Hall–Kier alpha value is -1.72. The fourth-order valence-electron chi connectivity index (χ4n) is 1.34. The van der Waals surface area contributed by atoms with Gasteiger partial charge in [0.05, 0.1) is 18.9 Å². The van der Waals surface area contributed by atoms with Gasteiger partial charge in [-0.15, -0.1) is 6.58 Å². The summed E-state index contributed by atoms with van der Waals surface area (Å²) in [7, 11) is 0. The highest BCUT2D eigenvalue weighted by Gasteiger charge is 2.05. The van der Waals surface area contributed by atoms with E-state index in [9.17, 15) is 4.79 Å². The minimum atomic E-state index is -0.139. The van der Waals surface area contributed by atoms with Gasteiger partial charge in [-0.3, -0.25) is 9.78 Å². The fraction of sp³-hybridized carbons (Fsp3) is 0.385. The molecular weight excluding hydrogens is 230 g/mol. The minimum Gasteiger partial charge on any atom is -0.379 e. The number of hydrogen-bond acceptors (Lipinski definition) is 4. The summed E-state index contributed by atoms with van der Waals surface area (Å²) in [6, 6.07) is 3.35. The van der Waals surface area contributed by atoms with Crippen LogP contribution in [0.25, 0.3) is 0 Å². The van der Waals surface area contributed by atoms with Gasteiger partial charge in [-0.25, -0.2) is 0 Å². The van der Waals surface area contributed by atoms with Crippen molar-refractivity contribution in [3.8, 4) is 0 Å². The maximum atomic E-state index is 11.8. The summed E-state index contributed by atoms with van der Waals surface area (Å²) in [5, 5.41) is 2.77. The molecule has 0 bridgehead atoms. The summed E-state index contributed by atoms with van der Waals surface area (Å²) >= 11 is 0. The number of carbonyl (C=O) groups excluding carboxylic acids is 1. The minimum absolute atomic E-state index is 0.139. The molecule has 0 saturated carbocycles. The zero-order valence-electron chi connectivity index (χ0n) is 10.4. The molecule has 0 spiro atoms. The molecule has 0 aromatic carbocycles. The SMILES string of the molecule is C=CCCOCCNC(=O)c1ccnc(CN)c1. The molecular formula is C13H19N3O2. The first-order valence-electron chi connectivity index (χ1n) is 5.89. The summed E-state index contributed by atoms with van der Waals surface area (Å²) in [6.07, 6.45) is 4.19. The summed E-state index contributed by atoms with van der Waals surface area (Å²) in [4.78, 5) is 15.8. The van der Waals surface area contributed by atoms with Crippen molar-refractivity contribution in [1.82, 2.24) is 10.3 Å².